The van der Waals surface area contributed by atoms with Crippen LogP contribution in [0.5, 0.6) is 5.75 Å². The highest BCUT2D eigenvalue weighted by atomic mass is 35.5. The fraction of sp³-hybridized carbons (Fsp3) is 0.273. The molecule has 0 aliphatic heterocycles. The summed E-state index contributed by atoms with van der Waals surface area (Å²) in [6, 6.07) is 7.83. The third kappa shape index (κ3) is 2.33. The van der Waals surface area contributed by atoms with Crippen molar-refractivity contribution in [2.75, 3.05) is 7.11 Å². The summed E-state index contributed by atoms with van der Waals surface area (Å²) in [5, 5.41) is 7.91. The van der Waals surface area contributed by atoms with Crippen LogP contribution in [0.3, 0.4) is 0 Å². The largest absolute Gasteiger partial charge is 0.496 e. The maximum absolute atomic E-state index is 5.66. The lowest BCUT2D eigenvalue weighted by atomic mass is 10.2. The van der Waals surface area contributed by atoms with Crippen LogP contribution in [0.25, 0.3) is 0 Å². The quantitative estimate of drug-likeness (QED) is 0.765. The van der Waals surface area contributed by atoms with E-state index in [0.717, 1.165) is 17.0 Å². The smallest absolute Gasteiger partial charge is 0.123 e. The fourth-order valence-electron chi connectivity index (χ4n) is 1.49. The molecule has 1 heterocycles. The molecule has 84 valence electrons. The van der Waals surface area contributed by atoms with Crippen molar-refractivity contribution in [3.8, 4) is 5.75 Å². The van der Waals surface area contributed by atoms with Gasteiger partial charge in [-0.05, 0) is 6.07 Å². The van der Waals surface area contributed by atoms with Gasteiger partial charge in [-0.3, -0.25) is 0 Å². The average molecular weight is 238 g/mol. The third-order valence-corrected chi connectivity index (χ3v) is 2.52. The van der Waals surface area contributed by atoms with Crippen LogP contribution in [-0.2, 0) is 12.4 Å². The van der Waals surface area contributed by atoms with Gasteiger partial charge in [-0.2, -0.15) is 0 Å². The summed E-state index contributed by atoms with van der Waals surface area (Å²) in [4.78, 5) is 0. The molecule has 0 saturated heterocycles. The van der Waals surface area contributed by atoms with Crippen molar-refractivity contribution in [1.82, 2.24) is 15.0 Å². The van der Waals surface area contributed by atoms with E-state index in [4.69, 9.17) is 16.3 Å². The maximum Gasteiger partial charge on any atom is 0.123 e. The predicted octanol–water partition coefficient (Wildman–Crippen LogP) is 2.07. The molecule has 1 aromatic carbocycles. The average Bonchev–Trinajstić information content (AvgIpc) is 2.77. The Morgan fingerprint density at radius 2 is 2.19 bits per heavy atom. The van der Waals surface area contributed by atoms with Gasteiger partial charge in [0.1, 0.15) is 5.75 Å². The Hall–Kier alpha value is -1.55. The van der Waals surface area contributed by atoms with E-state index in [1.807, 2.05) is 30.5 Å². The molecule has 0 saturated carbocycles. The zero-order chi connectivity index (χ0) is 11.4. The molecular formula is C11H12ClN3O. The molecule has 1 aromatic heterocycles. The lowest BCUT2D eigenvalue weighted by Crippen LogP contribution is -2.02. The molecule has 0 spiro atoms. The van der Waals surface area contributed by atoms with Gasteiger partial charge in [-0.1, -0.05) is 23.4 Å². The highest BCUT2D eigenvalue weighted by molar-refractivity contribution is 6.16. The molecule has 0 fully saturated rings. The molecule has 0 aliphatic rings. The Labute approximate surface area is 98.8 Å². The number of para-hydroxylation sites is 1. The van der Waals surface area contributed by atoms with E-state index in [2.05, 4.69) is 10.3 Å². The molecular weight excluding hydrogens is 226 g/mol. The summed E-state index contributed by atoms with van der Waals surface area (Å²) in [6.07, 6.45) is 1.83. The van der Waals surface area contributed by atoms with E-state index in [9.17, 15) is 0 Å². The summed E-state index contributed by atoms with van der Waals surface area (Å²) in [6.45, 7) is 0.633. The number of alkyl halides is 1. The summed E-state index contributed by atoms with van der Waals surface area (Å²) in [5.41, 5.74) is 1.84. The molecule has 5 heteroatoms. The van der Waals surface area contributed by atoms with Crippen molar-refractivity contribution in [3.05, 3.63) is 41.7 Å². The second-order valence-electron chi connectivity index (χ2n) is 3.35. The molecule has 0 unspecified atom stereocenters. The van der Waals surface area contributed by atoms with E-state index in [-0.39, 0.29) is 0 Å². The molecule has 2 rings (SSSR count). The zero-order valence-corrected chi connectivity index (χ0v) is 9.68. The van der Waals surface area contributed by atoms with Gasteiger partial charge in [0.05, 0.1) is 31.4 Å². The highest BCUT2D eigenvalue weighted by Gasteiger charge is 2.04. The first-order valence-electron chi connectivity index (χ1n) is 4.90. The van der Waals surface area contributed by atoms with Gasteiger partial charge >= 0.3 is 0 Å². The Morgan fingerprint density at radius 3 is 2.88 bits per heavy atom. The van der Waals surface area contributed by atoms with Gasteiger partial charge in [-0.15, -0.1) is 16.7 Å². The van der Waals surface area contributed by atoms with Gasteiger partial charge in [0.2, 0.25) is 0 Å². The van der Waals surface area contributed by atoms with Crippen LogP contribution < -0.4 is 4.74 Å². The molecule has 16 heavy (non-hydrogen) atoms. The Bertz CT molecular complexity index is 470. The SMILES string of the molecule is COc1ccccc1Cn1cc(CCl)nn1. The minimum atomic E-state index is 0.381. The van der Waals surface area contributed by atoms with E-state index in [0.29, 0.717) is 12.4 Å². The first kappa shape index (κ1) is 11.0. The number of rotatable bonds is 4. The van der Waals surface area contributed by atoms with E-state index in [1.54, 1.807) is 11.8 Å². The van der Waals surface area contributed by atoms with Crippen LogP contribution in [0, 0.1) is 0 Å². The monoisotopic (exact) mass is 237 g/mol. The van der Waals surface area contributed by atoms with Crippen molar-refractivity contribution < 1.29 is 4.74 Å². The minimum absolute atomic E-state index is 0.381. The highest BCUT2D eigenvalue weighted by Crippen LogP contribution is 2.18. The first-order valence-corrected chi connectivity index (χ1v) is 5.44. The molecule has 0 radical (unpaired) electrons. The van der Waals surface area contributed by atoms with Crippen molar-refractivity contribution >= 4 is 11.6 Å². The first-order chi connectivity index (χ1) is 7.83. The second kappa shape index (κ2) is 4.99. The van der Waals surface area contributed by atoms with Crippen LogP contribution in [-0.4, -0.2) is 22.1 Å². The lowest BCUT2D eigenvalue weighted by Gasteiger charge is -2.07. The zero-order valence-electron chi connectivity index (χ0n) is 8.93. The summed E-state index contributed by atoms with van der Waals surface area (Å²) in [5.74, 6) is 1.23. The van der Waals surface area contributed by atoms with Crippen LogP contribution >= 0.6 is 11.6 Å². The number of hydrogen-bond acceptors (Lipinski definition) is 3. The van der Waals surface area contributed by atoms with Crippen molar-refractivity contribution in [2.24, 2.45) is 0 Å². The molecule has 0 atom stereocenters. The molecule has 4 nitrogen and oxygen atoms in total. The van der Waals surface area contributed by atoms with Crippen LogP contribution in [0.1, 0.15) is 11.3 Å². The predicted molar refractivity (Wildman–Crippen MR) is 61.7 cm³/mol. The standard InChI is InChI=1S/C11H12ClN3O/c1-16-11-5-3-2-4-9(11)7-15-8-10(6-12)13-14-15/h2-5,8H,6-7H2,1H3. The van der Waals surface area contributed by atoms with Gasteiger partial charge in [0.15, 0.2) is 0 Å². The Balaban J connectivity index is 2.19. The minimum Gasteiger partial charge on any atom is -0.496 e. The van der Waals surface area contributed by atoms with Gasteiger partial charge in [-0.25, -0.2) is 4.68 Å². The summed E-state index contributed by atoms with van der Waals surface area (Å²) >= 11 is 5.66. The normalized spacial score (nSPS) is 10.4. The number of nitrogens with zero attached hydrogens (tertiary/aromatic N) is 3. The molecule has 0 bridgehead atoms. The van der Waals surface area contributed by atoms with Gasteiger partial charge in [0, 0.05) is 5.56 Å². The number of methoxy groups -OCH3 is 1. The number of benzene rings is 1. The molecule has 2 aromatic rings. The third-order valence-electron chi connectivity index (χ3n) is 2.25. The van der Waals surface area contributed by atoms with Crippen LogP contribution in [0.2, 0.25) is 0 Å². The van der Waals surface area contributed by atoms with Gasteiger partial charge in [0.25, 0.3) is 0 Å². The van der Waals surface area contributed by atoms with Gasteiger partial charge < -0.3 is 4.74 Å². The molecule has 0 N–H and O–H groups in total. The van der Waals surface area contributed by atoms with Crippen LogP contribution in [0.15, 0.2) is 30.5 Å². The number of halogens is 1. The van der Waals surface area contributed by atoms with Crippen molar-refractivity contribution in [2.45, 2.75) is 12.4 Å². The number of ether oxygens (including phenoxy) is 1. The number of aromatic nitrogens is 3. The van der Waals surface area contributed by atoms with Crippen molar-refractivity contribution in [1.29, 1.82) is 0 Å². The fourth-order valence-corrected chi connectivity index (χ4v) is 1.61. The van der Waals surface area contributed by atoms with Crippen molar-refractivity contribution in [3.63, 3.8) is 0 Å². The Kier molecular flexibility index (Phi) is 3.41. The summed E-state index contributed by atoms with van der Waals surface area (Å²) in [7, 11) is 1.66. The molecule has 0 amide bonds. The Morgan fingerprint density at radius 1 is 1.38 bits per heavy atom. The van der Waals surface area contributed by atoms with E-state index in [1.165, 1.54) is 0 Å². The molecule has 0 aliphatic carbocycles. The lowest BCUT2D eigenvalue weighted by molar-refractivity contribution is 0.407. The van der Waals surface area contributed by atoms with E-state index >= 15 is 0 Å². The second-order valence-corrected chi connectivity index (χ2v) is 3.62. The maximum atomic E-state index is 5.66. The topological polar surface area (TPSA) is 39.9 Å². The van der Waals surface area contributed by atoms with Crippen LogP contribution in [0.4, 0.5) is 0 Å². The van der Waals surface area contributed by atoms with E-state index < -0.39 is 0 Å². The number of hydrogen-bond donors (Lipinski definition) is 0. The summed E-state index contributed by atoms with van der Waals surface area (Å²) < 4.78 is 7.01.